The largest absolute Gasteiger partial charge is 0.508 e. The zero-order valence-electron chi connectivity index (χ0n) is 18.0. The lowest BCUT2D eigenvalue weighted by Gasteiger charge is -2.18. The molecular formula is C26H30Cl2O3. The average molecular weight is 461 g/mol. The van der Waals surface area contributed by atoms with Crippen molar-refractivity contribution in [3.05, 3.63) is 87.4 Å². The first-order chi connectivity index (χ1) is 14.8. The number of unbranched alkanes of at least 4 members (excludes halogenated alkanes) is 1. The lowest BCUT2D eigenvalue weighted by molar-refractivity contribution is 0.474. The van der Waals surface area contributed by atoms with E-state index in [0.29, 0.717) is 27.5 Å². The van der Waals surface area contributed by atoms with Crippen LogP contribution in [-0.4, -0.2) is 15.3 Å². The lowest BCUT2D eigenvalue weighted by atomic mass is 9.87. The summed E-state index contributed by atoms with van der Waals surface area (Å²) in [4.78, 5) is 0. The van der Waals surface area contributed by atoms with Gasteiger partial charge in [-0.2, -0.15) is 0 Å². The molecule has 0 atom stereocenters. The number of phenolic OH excluding ortho intramolecular Hbond substituents is 3. The van der Waals surface area contributed by atoms with Crippen LogP contribution in [0.25, 0.3) is 0 Å². The van der Waals surface area contributed by atoms with Crippen molar-refractivity contribution in [2.24, 2.45) is 0 Å². The van der Waals surface area contributed by atoms with Gasteiger partial charge in [-0.1, -0.05) is 80.6 Å². The van der Waals surface area contributed by atoms with Crippen LogP contribution in [0.15, 0.2) is 60.7 Å². The van der Waals surface area contributed by atoms with E-state index in [1.807, 2.05) is 24.3 Å². The van der Waals surface area contributed by atoms with Gasteiger partial charge >= 0.3 is 0 Å². The molecule has 5 heteroatoms. The number of rotatable bonds is 7. The van der Waals surface area contributed by atoms with E-state index in [1.54, 1.807) is 36.4 Å². The highest BCUT2D eigenvalue weighted by molar-refractivity contribution is 6.37. The van der Waals surface area contributed by atoms with Crippen molar-refractivity contribution in [2.75, 3.05) is 0 Å². The summed E-state index contributed by atoms with van der Waals surface area (Å²) in [5, 5.41) is 28.7. The lowest BCUT2D eigenvalue weighted by Crippen LogP contribution is -2.01. The van der Waals surface area contributed by atoms with Crippen LogP contribution in [0.4, 0.5) is 0 Å². The summed E-state index contributed by atoms with van der Waals surface area (Å²) in [7, 11) is 0. The normalized spacial score (nSPS) is 10.6. The Morgan fingerprint density at radius 1 is 0.710 bits per heavy atom. The zero-order valence-corrected chi connectivity index (χ0v) is 19.5. The highest BCUT2D eigenvalue weighted by Gasteiger charge is 2.13. The Kier molecular flexibility index (Phi) is 10.0. The predicted octanol–water partition coefficient (Wildman–Crippen LogP) is 8.07. The van der Waals surface area contributed by atoms with Crippen LogP contribution in [0.1, 0.15) is 62.1 Å². The van der Waals surface area contributed by atoms with Crippen molar-refractivity contribution in [3.8, 4) is 17.2 Å². The first-order valence-corrected chi connectivity index (χ1v) is 11.4. The smallest absolute Gasteiger partial charge is 0.152 e. The van der Waals surface area contributed by atoms with Gasteiger partial charge in [0.25, 0.3) is 0 Å². The molecular weight excluding hydrogens is 431 g/mol. The number of hydrogen-bond donors (Lipinski definition) is 3. The maximum atomic E-state index is 9.39. The molecule has 0 saturated heterocycles. The molecule has 0 saturated carbocycles. The van der Waals surface area contributed by atoms with Gasteiger partial charge in [0.05, 0.1) is 10.0 Å². The van der Waals surface area contributed by atoms with Crippen LogP contribution in [-0.2, 0) is 6.42 Å². The maximum Gasteiger partial charge on any atom is 0.152 e. The minimum absolute atomic E-state index is 0.0295. The molecule has 0 spiro atoms. The molecule has 0 aliphatic carbocycles. The van der Waals surface area contributed by atoms with E-state index in [9.17, 15) is 15.3 Å². The fourth-order valence-corrected chi connectivity index (χ4v) is 3.93. The zero-order chi connectivity index (χ0) is 22.8. The third kappa shape index (κ3) is 7.68. The number of phenols is 3. The van der Waals surface area contributed by atoms with Gasteiger partial charge in [0, 0.05) is 5.92 Å². The van der Waals surface area contributed by atoms with Gasteiger partial charge in [-0.25, -0.2) is 0 Å². The van der Waals surface area contributed by atoms with Gasteiger partial charge in [-0.15, -0.1) is 0 Å². The minimum Gasteiger partial charge on any atom is -0.508 e. The third-order valence-corrected chi connectivity index (χ3v) is 5.63. The summed E-state index contributed by atoms with van der Waals surface area (Å²) in [5.41, 5.74) is 3.47. The Bertz CT molecular complexity index is 869. The van der Waals surface area contributed by atoms with E-state index in [0.717, 1.165) is 37.7 Å². The van der Waals surface area contributed by atoms with Crippen LogP contribution < -0.4 is 0 Å². The fourth-order valence-electron chi connectivity index (χ4n) is 3.40. The molecule has 3 nitrogen and oxygen atoms in total. The van der Waals surface area contributed by atoms with Crippen LogP contribution in [0.2, 0.25) is 10.0 Å². The molecule has 0 radical (unpaired) electrons. The third-order valence-electron chi connectivity index (χ3n) is 5.05. The molecule has 3 aromatic rings. The molecule has 31 heavy (non-hydrogen) atoms. The summed E-state index contributed by atoms with van der Waals surface area (Å²) >= 11 is 11.4. The van der Waals surface area contributed by atoms with E-state index in [1.165, 1.54) is 11.1 Å². The van der Waals surface area contributed by atoms with Crippen LogP contribution in [0, 0.1) is 0 Å². The quantitative estimate of drug-likeness (QED) is 0.333. The molecule has 3 rings (SSSR count). The Labute approximate surface area is 194 Å². The van der Waals surface area contributed by atoms with Gasteiger partial charge in [0.15, 0.2) is 5.75 Å². The number of aryl methyl sites for hydroxylation is 1. The summed E-state index contributed by atoms with van der Waals surface area (Å²) in [6.45, 7) is 4.26. The van der Waals surface area contributed by atoms with E-state index in [2.05, 4.69) is 13.8 Å². The standard InChI is InChI=1S/C17H20O2.C9H10Cl2O/c1-2-3-4-17(13-5-9-15(18)10-6-13)14-7-11-16(19)12-8-14;1-2-3-6-4-7(10)9(12)8(11)5-6/h5-12,17-19H,2-4H2,1H3;4-5,12H,2-3H2,1H3. The first-order valence-electron chi connectivity index (χ1n) is 10.6. The molecule has 0 amide bonds. The second-order valence-corrected chi connectivity index (χ2v) is 8.35. The molecule has 0 aromatic heterocycles. The first kappa shape index (κ1) is 24.9. The van der Waals surface area contributed by atoms with Crippen LogP contribution in [0.5, 0.6) is 17.2 Å². The number of benzene rings is 3. The van der Waals surface area contributed by atoms with E-state index >= 15 is 0 Å². The van der Waals surface area contributed by atoms with Crippen molar-refractivity contribution in [3.63, 3.8) is 0 Å². The molecule has 0 fully saturated rings. The molecule has 0 aliphatic rings. The van der Waals surface area contributed by atoms with Crippen molar-refractivity contribution in [1.82, 2.24) is 0 Å². The molecule has 0 aliphatic heterocycles. The van der Waals surface area contributed by atoms with Gasteiger partial charge in [0.2, 0.25) is 0 Å². The van der Waals surface area contributed by atoms with Crippen molar-refractivity contribution >= 4 is 23.2 Å². The van der Waals surface area contributed by atoms with E-state index in [-0.39, 0.29) is 5.75 Å². The predicted molar refractivity (Wildman–Crippen MR) is 130 cm³/mol. The Balaban J connectivity index is 0.000000245. The monoisotopic (exact) mass is 460 g/mol. The molecule has 166 valence electrons. The fraction of sp³-hybridized carbons (Fsp3) is 0.308. The molecule has 3 N–H and O–H groups in total. The van der Waals surface area contributed by atoms with Crippen molar-refractivity contribution in [1.29, 1.82) is 0 Å². The summed E-state index contributed by atoms with van der Waals surface area (Å²) < 4.78 is 0. The summed E-state index contributed by atoms with van der Waals surface area (Å²) in [6.07, 6.45) is 5.36. The summed E-state index contributed by atoms with van der Waals surface area (Å²) in [6, 6.07) is 18.3. The second-order valence-electron chi connectivity index (χ2n) is 7.54. The SMILES string of the molecule is CCCCC(c1ccc(O)cc1)c1ccc(O)cc1.CCCc1cc(Cl)c(O)c(Cl)c1. The number of aromatic hydroxyl groups is 3. The maximum absolute atomic E-state index is 9.39. The van der Waals surface area contributed by atoms with Gasteiger partial charge < -0.3 is 15.3 Å². The van der Waals surface area contributed by atoms with Gasteiger partial charge in [-0.05, 0) is 65.9 Å². The van der Waals surface area contributed by atoms with E-state index in [4.69, 9.17) is 23.2 Å². The van der Waals surface area contributed by atoms with Crippen LogP contribution in [0.3, 0.4) is 0 Å². The molecule has 0 bridgehead atoms. The Morgan fingerprint density at radius 2 is 1.16 bits per heavy atom. The van der Waals surface area contributed by atoms with Crippen molar-refractivity contribution in [2.45, 2.75) is 51.9 Å². The molecule has 0 heterocycles. The Morgan fingerprint density at radius 3 is 1.55 bits per heavy atom. The minimum atomic E-state index is -0.0295. The van der Waals surface area contributed by atoms with E-state index < -0.39 is 0 Å². The van der Waals surface area contributed by atoms with Crippen LogP contribution >= 0.6 is 23.2 Å². The summed E-state index contributed by atoms with van der Waals surface area (Å²) in [5.74, 6) is 0.881. The number of hydrogen-bond acceptors (Lipinski definition) is 3. The Hall–Kier alpha value is -2.36. The second kappa shape index (κ2) is 12.5. The van der Waals surface area contributed by atoms with Gasteiger partial charge in [0.1, 0.15) is 11.5 Å². The highest BCUT2D eigenvalue weighted by Crippen LogP contribution is 2.33. The molecule has 0 unspecified atom stereocenters. The molecule has 3 aromatic carbocycles. The van der Waals surface area contributed by atoms with Crippen molar-refractivity contribution < 1.29 is 15.3 Å². The average Bonchev–Trinajstić information content (AvgIpc) is 2.75. The topological polar surface area (TPSA) is 60.7 Å². The number of halogens is 2. The highest BCUT2D eigenvalue weighted by atomic mass is 35.5. The van der Waals surface area contributed by atoms with Gasteiger partial charge in [-0.3, -0.25) is 0 Å².